The van der Waals surface area contributed by atoms with Gasteiger partial charge in [-0.3, -0.25) is 9.59 Å². The minimum atomic E-state index is -0.334. The molecular weight excluding hydrogens is 344 g/mol. The van der Waals surface area contributed by atoms with Crippen LogP contribution in [0.4, 0.5) is 0 Å². The van der Waals surface area contributed by atoms with Crippen LogP contribution in [0.3, 0.4) is 0 Å². The van der Waals surface area contributed by atoms with E-state index in [4.69, 9.17) is 9.15 Å². The van der Waals surface area contributed by atoms with Gasteiger partial charge in [0.15, 0.2) is 5.76 Å². The second-order valence-electron chi connectivity index (χ2n) is 7.28. The molecule has 1 N–H and O–H groups in total. The Balaban J connectivity index is 1.87. The van der Waals surface area contributed by atoms with Gasteiger partial charge < -0.3 is 19.4 Å². The van der Waals surface area contributed by atoms with Crippen LogP contribution in [-0.4, -0.2) is 43.5 Å². The van der Waals surface area contributed by atoms with E-state index in [1.165, 1.54) is 6.26 Å². The minimum Gasteiger partial charge on any atom is -0.496 e. The van der Waals surface area contributed by atoms with Crippen LogP contribution in [0.2, 0.25) is 0 Å². The number of nitrogens with zero attached hydrogens (tertiary/aromatic N) is 1. The van der Waals surface area contributed by atoms with Gasteiger partial charge in [-0.25, -0.2) is 0 Å². The summed E-state index contributed by atoms with van der Waals surface area (Å²) in [6.45, 7) is 5.52. The van der Waals surface area contributed by atoms with Crippen molar-refractivity contribution in [3.63, 3.8) is 0 Å². The van der Waals surface area contributed by atoms with Gasteiger partial charge in [-0.15, -0.1) is 0 Å². The lowest BCUT2D eigenvalue weighted by atomic mass is 9.87. The highest BCUT2D eigenvalue weighted by atomic mass is 16.5. The predicted molar refractivity (Wildman–Crippen MR) is 102 cm³/mol. The number of likely N-dealkylation sites (tertiary alicyclic amines) is 1. The van der Waals surface area contributed by atoms with Crippen molar-refractivity contribution in [2.45, 2.75) is 19.8 Å². The number of ether oxygens (including phenoxy) is 1. The lowest BCUT2D eigenvalue weighted by molar-refractivity contribution is -0.125. The molecule has 1 aromatic heterocycles. The Morgan fingerprint density at radius 2 is 2.00 bits per heavy atom. The lowest BCUT2D eigenvalue weighted by Gasteiger charge is -2.20. The van der Waals surface area contributed by atoms with Crippen molar-refractivity contribution < 1.29 is 18.7 Å². The molecule has 2 amide bonds. The number of furan rings is 1. The molecule has 2 aromatic rings. The Hall–Kier alpha value is -2.76. The summed E-state index contributed by atoms with van der Waals surface area (Å²) in [5.41, 5.74) is 0.944. The van der Waals surface area contributed by atoms with E-state index in [2.05, 4.69) is 19.2 Å². The second-order valence-corrected chi connectivity index (χ2v) is 7.28. The molecule has 6 nitrogen and oxygen atoms in total. The van der Waals surface area contributed by atoms with E-state index >= 15 is 0 Å². The van der Waals surface area contributed by atoms with E-state index in [0.717, 1.165) is 11.3 Å². The molecule has 6 heteroatoms. The van der Waals surface area contributed by atoms with Crippen LogP contribution >= 0.6 is 0 Å². The van der Waals surface area contributed by atoms with Crippen LogP contribution in [0, 0.1) is 11.8 Å². The van der Waals surface area contributed by atoms with E-state index < -0.39 is 0 Å². The van der Waals surface area contributed by atoms with Crippen molar-refractivity contribution in [2.75, 3.05) is 26.7 Å². The first kappa shape index (κ1) is 19.0. The number of carbonyl (C=O) groups excluding carboxylic acids is 2. The summed E-state index contributed by atoms with van der Waals surface area (Å²) in [7, 11) is 1.62. The molecule has 0 bridgehead atoms. The number of methoxy groups -OCH3 is 1. The fourth-order valence-electron chi connectivity index (χ4n) is 3.52. The van der Waals surface area contributed by atoms with Crippen molar-refractivity contribution in [2.24, 2.45) is 11.8 Å². The number of para-hydroxylation sites is 1. The first-order valence-electron chi connectivity index (χ1n) is 9.24. The summed E-state index contributed by atoms with van der Waals surface area (Å²) in [5.74, 6) is 0.689. The first-order valence-corrected chi connectivity index (χ1v) is 9.24. The highest BCUT2D eigenvalue weighted by Gasteiger charge is 2.42. The number of benzene rings is 1. The molecule has 1 aliphatic heterocycles. The Morgan fingerprint density at radius 3 is 2.67 bits per heavy atom. The van der Waals surface area contributed by atoms with Crippen LogP contribution in [0.5, 0.6) is 5.75 Å². The molecule has 2 heterocycles. The maximum Gasteiger partial charge on any atom is 0.289 e. The molecule has 1 saturated heterocycles. The van der Waals surface area contributed by atoms with Crippen LogP contribution in [-0.2, 0) is 4.79 Å². The molecule has 1 aromatic carbocycles. The topological polar surface area (TPSA) is 71.8 Å². The fourth-order valence-corrected chi connectivity index (χ4v) is 3.52. The van der Waals surface area contributed by atoms with E-state index in [1.807, 2.05) is 24.3 Å². The molecule has 0 saturated carbocycles. The third-order valence-corrected chi connectivity index (χ3v) is 4.90. The maximum absolute atomic E-state index is 12.9. The van der Waals surface area contributed by atoms with Crippen molar-refractivity contribution in [3.05, 3.63) is 54.0 Å². The van der Waals surface area contributed by atoms with Crippen LogP contribution in [0.1, 0.15) is 35.9 Å². The molecule has 0 spiro atoms. The maximum atomic E-state index is 12.9. The van der Waals surface area contributed by atoms with E-state index in [1.54, 1.807) is 24.1 Å². The smallest absolute Gasteiger partial charge is 0.289 e. The predicted octanol–water partition coefficient (Wildman–Crippen LogP) is 2.92. The Bertz CT molecular complexity index is 785. The van der Waals surface area contributed by atoms with Gasteiger partial charge in [-0.2, -0.15) is 0 Å². The van der Waals surface area contributed by atoms with Gasteiger partial charge in [0, 0.05) is 25.6 Å². The number of hydrogen-bond donors (Lipinski definition) is 1. The average molecular weight is 370 g/mol. The zero-order valence-corrected chi connectivity index (χ0v) is 16.0. The van der Waals surface area contributed by atoms with Crippen LogP contribution in [0.25, 0.3) is 0 Å². The molecule has 0 aliphatic carbocycles. The van der Waals surface area contributed by atoms with Crippen molar-refractivity contribution in [3.8, 4) is 5.75 Å². The van der Waals surface area contributed by atoms with Gasteiger partial charge in [0.05, 0.1) is 19.3 Å². The summed E-state index contributed by atoms with van der Waals surface area (Å²) in [4.78, 5) is 27.3. The Kier molecular flexibility index (Phi) is 5.84. The van der Waals surface area contributed by atoms with Gasteiger partial charge in [-0.05, 0) is 29.7 Å². The van der Waals surface area contributed by atoms with Gasteiger partial charge >= 0.3 is 0 Å². The third kappa shape index (κ3) is 4.15. The van der Waals surface area contributed by atoms with Gasteiger partial charge in [-0.1, -0.05) is 32.0 Å². The quantitative estimate of drug-likeness (QED) is 0.849. The van der Waals surface area contributed by atoms with Crippen molar-refractivity contribution in [1.29, 1.82) is 0 Å². The zero-order chi connectivity index (χ0) is 19.4. The molecule has 0 radical (unpaired) electrons. The first-order chi connectivity index (χ1) is 13.0. The molecular formula is C21H26N2O4. The van der Waals surface area contributed by atoms with Crippen molar-refractivity contribution >= 4 is 11.8 Å². The molecule has 1 fully saturated rings. The lowest BCUT2D eigenvalue weighted by Crippen LogP contribution is -2.37. The number of nitrogens with one attached hydrogen (secondary N) is 1. The number of amides is 2. The standard InChI is InChI=1S/C21H26N2O4/c1-14(2)11-22-20(24)17-13-23(21(25)19-9-6-10-27-19)12-16(17)15-7-4-5-8-18(15)26-3/h4-10,14,16-17H,11-13H2,1-3H3,(H,22,24). The van der Waals surface area contributed by atoms with Crippen molar-refractivity contribution in [1.82, 2.24) is 10.2 Å². The van der Waals surface area contributed by atoms with E-state index in [-0.39, 0.29) is 29.4 Å². The molecule has 2 unspecified atom stereocenters. The fraction of sp³-hybridized carbons (Fsp3) is 0.429. The Morgan fingerprint density at radius 1 is 1.22 bits per heavy atom. The van der Waals surface area contributed by atoms with Gasteiger partial charge in [0.1, 0.15) is 5.75 Å². The SMILES string of the molecule is COc1ccccc1C1CN(C(=O)c2ccco2)CC1C(=O)NCC(C)C. The van der Waals surface area contributed by atoms with Gasteiger partial charge in [0.2, 0.25) is 5.91 Å². The minimum absolute atomic E-state index is 0.0330. The van der Waals surface area contributed by atoms with Gasteiger partial charge in [0.25, 0.3) is 5.91 Å². The molecule has 144 valence electrons. The highest BCUT2D eigenvalue weighted by molar-refractivity contribution is 5.92. The Labute approximate surface area is 159 Å². The molecule has 3 rings (SSSR count). The average Bonchev–Trinajstić information content (AvgIpc) is 3.35. The summed E-state index contributed by atoms with van der Waals surface area (Å²) < 4.78 is 10.8. The zero-order valence-electron chi connectivity index (χ0n) is 16.0. The monoisotopic (exact) mass is 370 g/mol. The highest BCUT2D eigenvalue weighted by Crippen LogP contribution is 2.38. The number of carbonyl (C=O) groups is 2. The normalized spacial score (nSPS) is 19.3. The summed E-state index contributed by atoms with van der Waals surface area (Å²) in [5, 5.41) is 3.01. The summed E-state index contributed by atoms with van der Waals surface area (Å²) in [6, 6.07) is 11.0. The largest absolute Gasteiger partial charge is 0.496 e. The summed E-state index contributed by atoms with van der Waals surface area (Å²) >= 11 is 0. The third-order valence-electron chi connectivity index (χ3n) is 4.90. The number of hydrogen-bond acceptors (Lipinski definition) is 4. The second kappa shape index (κ2) is 8.29. The van der Waals surface area contributed by atoms with Crippen LogP contribution in [0.15, 0.2) is 47.1 Å². The van der Waals surface area contributed by atoms with E-state index in [9.17, 15) is 9.59 Å². The molecule has 27 heavy (non-hydrogen) atoms. The van der Waals surface area contributed by atoms with Crippen LogP contribution < -0.4 is 10.1 Å². The van der Waals surface area contributed by atoms with E-state index in [0.29, 0.717) is 25.6 Å². The number of rotatable bonds is 6. The summed E-state index contributed by atoms with van der Waals surface area (Å²) in [6.07, 6.45) is 1.48. The molecule has 1 aliphatic rings. The molecule has 2 atom stereocenters.